The molecule has 0 atom stereocenters. The van der Waals surface area contributed by atoms with Crippen LogP contribution in [0.3, 0.4) is 0 Å². The van der Waals surface area contributed by atoms with E-state index in [9.17, 15) is 9.59 Å². The van der Waals surface area contributed by atoms with E-state index >= 15 is 0 Å². The summed E-state index contributed by atoms with van der Waals surface area (Å²) in [5, 5.41) is 2.03. The molecular formula is C24H27N3O3S. The lowest BCUT2D eigenvalue weighted by atomic mass is 10.1. The zero-order chi connectivity index (χ0) is 22.1. The van der Waals surface area contributed by atoms with E-state index in [1.54, 1.807) is 23.3 Å². The summed E-state index contributed by atoms with van der Waals surface area (Å²) in [5.74, 6) is 0.275. The minimum Gasteiger partial charge on any atom is -0.496 e. The number of para-hydroxylation sites is 2. The maximum atomic E-state index is 13.3. The van der Waals surface area contributed by atoms with Crippen molar-refractivity contribution in [2.24, 2.45) is 5.73 Å². The second kappa shape index (κ2) is 11.3. The molecule has 0 saturated carbocycles. The third kappa shape index (κ3) is 6.67. The van der Waals surface area contributed by atoms with Gasteiger partial charge in [-0.3, -0.25) is 14.5 Å². The van der Waals surface area contributed by atoms with E-state index in [2.05, 4.69) is 11.0 Å². The molecule has 0 radical (unpaired) electrons. The van der Waals surface area contributed by atoms with Crippen molar-refractivity contribution in [3.63, 3.8) is 0 Å². The van der Waals surface area contributed by atoms with Gasteiger partial charge in [0.05, 0.1) is 13.7 Å². The number of methoxy groups -OCH3 is 1. The van der Waals surface area contributed by atoms with Gasteiger partial charge < -0.3 is 15.4 Å². The smallest absolute Gasteiger partial charge is 0.241 e. The fourth-order valence-corrected chi connectivity index (χ4v) is 4.12. The number of hydrogen-bond donors (Lipinski definition) is 1. The molecule has 0 unspecified atom stereocenters. The van der Waals surface area contributed by atoms with Crippen LogP contribution >= 0.6 is 11.3 Å². The molecule has 3 rings (SSSR count). The number of carbonyl (C=O) groups is 2. The molecule has 1 heterocycles. The van der Waals surface area contributed by atoms with Crippen molar-refractivity contribution in [2.75, 3.05) is 25.1 Å². The van der Waals surface area contributed by atoms with Crippen LogP contribution in [0.15, 0.2) is 72.1 Å². The van der Waals surface area contributed by atoms with Crippen LogP contribution in [-0.2, 0) is 22.7 Å². The SMILES string of the molecule is COc1ccccc1CN(CC(=O)N(CCC(N)=O)c1ccccc1)Cc1cccs1. The van der Waals surface area contributed by atoms with Gasteiger partial charge in [0.1, 0.15) is 5.75 Å². The van der Waals surface area contributed by atoms with Crippen molar-refractivity contribution in [1.82, 2.24) is 4.90 Å². The fraction of sp³-hybridized carbons (Fsp3) is 0.250. The number of hydrogen-bond acceptors (Lipinski definition) is 5. The summed E-state index contributed by atoms with van der Waals surface area (Å²) in [7, 11) is 1.65. The van der Waals surface area contributed by atoms with E-state index < -0.39 is 5.91 Å². The van der Waals surface area contributed by atoms with Crippen molar-refractivity contribution in [1.29, 1.82) is 0 Å². The summed E-state index contributed by atoms with van der Waals surface area (Å²) < 4.78 is 5.50. The molecule has 0 fully saturated rings. The maximum absolute atomic E-state index is 13.3. The third-order valence-corrected chi connectivity index (χ3v) is 5.72. The second-order valence-corrected chi connectivity index (χ2v) is 8.17. The van der Waals surface area contributed by atoms with E-state index in [0.29, 0.717) is 13.1 Å². The standard InChI is InChI=1S/C24H27N3O3S/c1-30-22-12-6-5-8-19(22)16-26(17-21-11-7-15-31-21)18-24(29)27(14-13-23(25)28)20-9-3-2-4-10-20/h2-12,15H,13-14,16-18H2,1H3,(H2,25,28). The minimum atomic E-state index is -0.432. The molecule has 0 aliphatic carbocycles. The summed E-state index contributed by atoms with van der Waals surface area (Å²) in [6.07, 6.45) is 0.109. The highest BCUT2D eigenvalue weighted by atomic mass is 32.1. The van der Waals surface area contributed by atoms with Gasteiger partial charge in [0, 0.05) is 42.2 Å². The Morgan fingerprint density at radius 2 is 1.71 bits per heavy atom. The Bertz CT molecular complexity index is 977. The second-order valence-electron chi connectivity index (χ2n) is 7.13. The Labute approximate surface area is 186 Å². The van der Waals surface area contributed by atoms with Gasteiger partial charge in [-0.1, -0.05) is 42.5 Å². The molecule has 2 aromatic carbocycles. The first-order chi connectivity index (χ1) is 15.1. The summed E-state index contributed by atoms with van der Waals surface area (Å²) in [6.45, 7) is 1.65. The van der Waals surface area contributed by atoms with Gasteiger partial charge in [-0.15, -0.1) is 11.3 Å². The minimum absolute atomic E-state index is 0.0843. The number of amides is 2. The molecule has 0 aliphatic rings. The summed E-state index contributed by atoms with van der Waals surface area (Å²) >= 11 is 1.66. The van der Waals surface area contributed by atoms with E-state index in [-0.39, 0.29) is 25.4 Å². The lowest BCUT2D eigenvalue weighted by Crippen LogP contribution is -2.41. The number of carbonyl (C=O) groups excluding carboxylic acids is 2. The van der Waals surface area contributed by atoms with Crippen LogP contribution in [0.1, 0.15) is 16.9 Å². The molecule has 7 heteroatoms. The zero-order valence-electron chi connectivity index (χ0n) is 17.6. The van der Waals surface area contributed by atoms with Gasteiger partial charge in [0.2, 0.25) is 11.8 Å². The average Bonchev–Trinajstić information content (AvgIpc) is 3.28. The fourth-order valence-electron chi connectivity index (χ4n) is 3.37. The van der Waals surface area contributed by atoms with E-state index in [1.807, 2.05) is 66.0 Å². The third-order valence-electron chi connectivity index (χ3n) is 4.86. The maximum Gasteiger partial charge on any atom is 0.241 e. The van der Waals surface area contributed by atoms with Crippen molar-refractivity contribution >= 4 is 28.8 Å². The molecule has 0 aliphatic heterocycles. The number of rotatable bonds is 11. The molecular weight excluding hydrogens is 410 g/mol. The highest BCUT2D eigenvalue weighted by Gasteiger charge is 2.21. The van der Waals surface area contributed by atoms with Crippen LogP contribution in [0, 0.1) is 0 Å². The van der Waals surface area contributed by atoms with Crippen LogP contribution in [0.2, 0.25) is 0 Å². The number of primary amides is 1. The predicted molar refractivity (Wildman–Crippen MR) is 124 cm³/mol. The van der Waals surface area contributed by atoms with Gasteiger partial charge in [-0.2, -0.15) is 0 Å². The average molecular weight is 438 g/mol. The number of nitrogens with two attached hydrogens (primary N) is 1. The lowest BCUT2D eigenvalue weighted by molar-refractivity contribution is -0.120. The Balaban J connectivity index is 1.81. The van der Waals surface area contributed by atoms with Gasteiger partial charge >= 0.3 is 0 Å². The number of thiophene rings is 1. The number of benzene rings is 2. The van der Waals surface area contributed by atoms with Crippen LogP contribution in [-0.4, -0.2) is 36.9 Å². The van der Waals surface area contributed by atoms with Gasteiger partial charge in [-0.25, -0.2) is 0 Å². The van der Waals surface area contributed by atoms with Crippen molar-refractivity contribution in [2.45, 2.75) is 19.5 Å². The summed E-state index contributed by atoms with van der Waals surface area (Å²) in [6, 6.07) is 21.3. The lowest BCUT2D eigenvalue weighted by Gasteiger charge is -2.27. The molecule has 0 spiro atoms. The largest absolute Gasteiger partial charge is 0.496 e. The monoisotopic (exact) mass is 437 g/mol. The molecule has 2 N–H and O–H groups in total. The first-order valence-corrected chi connectivity index (χ1v) is 10.9. The van der Waals surface area contributed by atoms with Gasteiger partial charge in [-0.05, 0) is 29.6 Å². The highest BCUT2D eigenvalue weighted by molar-refractivity contribution is 7.09. The number of anilines is 1. The molecule has 6 nitrogen and oxygen atoms in total. The molecule has 31 heavy (non-hydrogen) atoms. The zero-order valence-corrected chi connectivity index (χ0v) is 18.4. The number of ether oxygens (including phenoxy) is 1. The Hall–Kier alpha value is -3.16. The quantitative estimate of drug-likeness (QED) is 0.497. The van der Waals surface area contributed by atoms with Crippen molar-refractivity contribution in [3.8, 4) is 5.75 Å². The first-order valence-electron chi connectivity index (χ1n) is 10.1. The van der Waals surface area contributed by atoms with E-state index in [0.717, 1.165) is 17.0 Å². The van der Waals surface area contributed by atoms with E-state index in [4.69, 9.17) is 10.5 Å². The topological polar surface area (TPSA) is 75.9 Å². The van der Waals surface area contributed by atoms with Crippen LogP contribution in [0.4, 0.5) is 5.69 Å². The predicted octanol–water partition coefficient (Wildman–Crippen LogP) is 3.67. The Morgan fingerprint density at radius 1 is 0.968 bits per heavy atom. The van der Waals surface area contributed by atoms with E-state index in [1.165, 1.54) is 4.88 Å². The van der Waals surface area contributed by atoms with Crippen LogP contribution < -0.4 is 15.4 Å². The number of nitrogens with zero attached hydrogens (tertiary/aromatic N) is 2. The van der Waals surface area contributed by atoms with Crippen LogP contribution in [0.25, 0.3) is 0 Å². The Morgan fingerprint density at radius 3 is 2.39 bits per heavy atom. The Kier molecular flexibility index (Phi) is 8.20. The molecule has 0 bridgehead atoms. The summed E-state index contributed by atoms with van der Waals surface area (Å²) in [4.78, 5) is 29.6. The van der Waals surface area contributed by atoms with Gasteiger partial charge in [0.15, 0.2) is 0 Å². The molecule has 0 saturated heterocycles. The molecule has 2 amide bonds. The summed E-state index contributed by atoms with van der Waals surface area (Å²) in [5.41, 5.74) is 7.11. The van der Waals surface area contributed by atoms with Crippen molar-refractivity contribution < 1.29 is 14.3 Å². The van der Waals surface area contributed by atoms with Gasteiger partial charge in [0.25, 0.3) is 0 Å². The molecule has 162 valence electrons. The van der Waals surface area contributed by atoms with Crippen molar-refractivity contribution in [3.05, 3.63) is 82.6 Å². The molecule has 3 aromatic rings. The molecule has 1 aromatic heterocycles. The first kappa shape index (κ1) is 22.5. The van der Waals surface area contributed by atoms with Crippen LogP contribution in [0.5, 0.6) is 5.75 Å². The highest BCUT2D eigenvalue weighted by Crippen LogP contribution is 2.22. The normalized spacial score (nSPS) is 10.8.